The summed E-state index contributed by atoms with van der Waals surface area (Å²) in [6.07, 6.45) is 3.27. The van der Waals surface area contributed by atoms with Crippen molar-refractivity contribution in [2.75, 3.05) is 5.32 Å². The molecule has 92 valence electrons. The number of halogens is 2. The molecule has 0 spiro atoms. The van der Waals surface area contributed by atoms with Crippen molar-refractivity contribution in [1.82, 2.24) is 4.98 Å². The third-order valence-electron chi connectivity index (χ3n) is 2.35. The fourth-order valence-corrected chi connectivity index (χ4v) is 1.83. The van der Waals surface area contributed by atoms with E-state index >= 15 is 0 Å². The molecule has 1 aromatic carbocycles. The van der Waals surface area contributed by atoms with E-state index in [2.05, 4.69) is 10.3 Å². The second-order valence-corrected chi connectivity index (χ2v) is 4.49. The average molecular weight is 281 g/mol. The molecule has 18 heavy (non-hydrogen) atoms. The van der Waals surface area contributed by atoms with Crippen molar-refractivity contribution in [3.63, 3.8) is 0 Å². The molecule has 0 atom stereocenters. The van der Waals surface area contributed by atoms with Crippen LogP contribution < -0.4 is 5.32 Å². The summed E-state index contributed by atoms with van der Waals surface area (Å²) in [7, 11) is 0. The van der Waals surface area contributed by atoms with Gasteiger partial charge in [-0.3, -0.25) is 9.78 Å². The predicted octanol–water partition coefficient (Wildman–Crippen LogP) is 3.57. The van der Waals surface area contributed by atoms with Crippen molar-refractivity contribution in [2.24, 2.45) is 0 Å². The predicted molar refractivity (Wildman–Crippen MR) is 73.0 cm³/mol. The van der Waals surface area contributed by atoms with Crippen molar-refractivity contribution >= 4 is 34.8 Å². The van der Waals surface area contributed by atoms with Crippen molar-refractivity contribution in [3.8, 4) is 0 Å². The maximum Gasteiger partial charge on any atom is 0.228 e. The van der Waals surface area contributed by atoms with E-state index in [0.29, 0.717) is 15.7 Å². The third kappa shape index (κ3) is 3.22. The van der Waals surface area contributed by atoms with E-state index in [1.807, 2.05) is 18.2 Å². The molecular formula is C13H10Cl2N2O. The summed E-state index contributed by atoms with van der Waals surface area (Å²) in [6.45, 7) is 0. The number of hydrogen-bond donors (Lipinski definition) is 1. The Morgan fingerprint density at radius 2 is 1.94 bits per heavy atom. The van der Waals surface area contributed by atoms with Crippen molar-refractivity contribution in [1.29, 1.82) is 0 Å². The number of rotatable bonds is 3. The van der Waals surface area contributed by atoms with Gasteiger partial charge in [-0.2, -0.15) is 0 Å². The molecule has 2 rings (SSSR count). The monoisotopic (exact) mass is 280 g/mol. The fourth-order valence-electron chi connectivity index (χ4n) is 1.48. The van der Waals surface area contributed by atoms with E-state index in [1.165, 1.54) is 6.20 Å². The van der Waals surface area contributed by atoms with Crippen LogP contribution in [-0.4, -0.2) is 10.9 Å². The van der Waals surface area contributed by atoms with Crippen LogP contribution in [0.15, 0.2) is 42.7 Å². The lowest BCUT2D eigenvalue weighted by Gasteiger charge is -2.07. The molecule has 2 aromatic rings. The molecule has 0 aliphatic heterocycles. The molecule has 0 unspecified atom stereocenters. The first kappa shape index (κ1) is 12.9. The molecule has 0 radical (unpaired) electrons. The van der Waals surface area contributed by atoms with Crippen LogP contribution in [0.2, 0.25) is 10.0 Å². The minimum absolute atomic E-state index is 0.182. The third-order valence-corrected chi connectivity index (χ3v) is 3.05. The zero-order valence-electron chi connectivity index (χ0n) is 9.36. The van der Waals surface area contributed by atoms with E-state index in [1.54, 1.807) is 18.3 Å². The summed E-state index contributed by atoms with van der Waals surface area (Å²) < 4.78 is 0. The average Bonchev–Trinajstić information content (AvgIpc) is 2.35. The number of amides is 1. The van der Waals surface area contributed by atoms with Crippen LogP contribution >= 0.6 is 23.2 Å². The van der Waals surface area contributed by atoms with E-state index in [9.17, 15) is 4.79 Å². The smallest absolute Gasteiger partial charge is 0.228 e. The van der Waals surface area contributed by atoms with E-state index < -0.39 is 0 Å². The van der Waals surface area contributed by atoms with E-state index in [4.69, 9.17) is 23.2 Å². The van der Waals surface area contributed by atoms with Crippen molar-refractivity contribution in [2.45, 2.75) is 6.42 Å². The van der Waals surface area contributed by atoms with Crippen LogP contribution in [0.25, 0.3) is 0 Å². The first-order chi connectivity index (χ1) is 8.66. The molecule has 1 amide bonds. The number of nitrogens with zero attached hydrogens (tertiary/aromatic N) is 1. The van der Waals surface area contributed by atoms with Gasteiger partial charge in [-0.05, 0) is 17.7 Å². The van der Waals surface area contributed by atoms with Crippen LogP contribution in [-0.2, 0) is 11.2 Å². The second kappa shape index (κ2) is 5.85. The fraction of sp³-hybridized carbons (Fsp3) is 0.0769. The summed E-state index contributed by atoms with van der Waals surface area (Å²) >= 11 is 11.9. The SMILES string of the molecule is O=C(Cc1ccccc1Cl)Nc1cnccc1Cl. The summed E-state index contributed by atoms with van der Waals surface area (Å²) in [6, 6.07) is 8.84. The van der Waals surface area contributed by atoms with E-state index in [-0.39, 0.29) is 12.3 Å². The number of carbonyl (C=O) groups excluding carboxylic acids is 1. The number of anilines is 1. The number of carbonyl (C=O) groups is 1. The Hall–Kier alpha value is -1.58. The quantitative estimate of drug-likeness (QED) is 0.934. The van der Waals surface area contributed by atoms with Gasteiger partial charge < -0.3 is 5.32 Å². The zero-order valence-corrected chi connectivity index (χ0v) is 10.9. The van der Waals surface area contributed by atoms with Gasteiger partial charge in [0.15, 0.2) is 0 Å². The van der Waals surface area contributed by atoms with Gasteiger partial charge in [0.1, 0.15) is 0 Å². The molecule has 1 N–H and O–H groups in total. The number of pyridine rings is 1. The van der Waals surface area contributed by atoms with Crippen LogP contribution in [0.3, 0.4) is 0 Å². The Kier molecular flexibility index (Phi) is 4.18. The highest BCUT2D eigenvalue weighted by Gasteiger charge is 2.08. The molecule has 0 saturated heterocycles. The lowest BCUT2D eigenvalue weighted by molar-refractivity contribution is -0.115. The summed E-state index contributed by atoms with van der Waals surface area (Å²) in [4.78, 5) is 15.7. The summed E-state index contributed by atoms with van der Waals surface area (Å²) in [5, 5.41) is 3.72. The lowest BCUT2D eigenvalue weighted by Crippen LogP contribution is -2.15. The zero-order chi connectivity index (χ0) is 13.0. The van der Waals surface area contributed by atoms with Crippen molar-refractivity contribution in [3.05, 3.63) is 58.3 Å². The highest BCUT2D eigenvalue weighted by atomic mass is 35.5. The highest BCUT2D eigenvalue weighted by molar-refractivity contribution is 6.33. The summed E-state index contributed by atoms with van der Waals surface area (Å²) in [5.41, 5.74) is 1.27. The second-order valence-electron chi connectivity index (χ2n) is 3.67. The summed E-state index contributed by atoms with van der Waals surface area (Å²) in [5.74, 6) is -0.182. The minimum atomic E-state index is -0.182. The maximum absolute atomic E-state index is 11.8. The standard InChI is InChI=1S/C13H10Cl2N2O/c14-10-4-2-1-3-9(10)7-13(18)17-12-8-16-6-5-11(12)15/h1-6,8H,7H2,(H,17,18). The normalized spacial score (nSPS) is 10.1. The van der Waals surface area contributed by atoms with Gasteiger partial charge in [0.25, 0.3) is 0 Å². The molecule has 3 nitrogen and oxygen atoms in total. The number of hydrogen-bond acceptors (Lipinski definition) is 2. The maximum atomic E-state index is 11.8. The molecular weight excluding hydrogens is 271 g/mol. The van der Waals surface area contributed by atoms with Gasteiger partial charge in [-0.15, -0.1) is 0 Å². The Bertz CT molecular complexity index is 523. The first-order valence-corrected chi connectivity index (χ1v) is 6.05. The molecule has 0 aliphatic rings. The minimum Gasteiger partial charge on any atom is -0.323 e. The van der Waals surface area contributed by atoms with Gasteiger partial charge in [0, 0.05) is 11.2 Å². The lowest BCUT2D eigenvalue weighted by atomic mass is 10.1. The molecule has 5 heteroatoms. The number of aromatic nitrogens is 1. The first-order valence-electron chi connectivity index (χ1n) is 5.29. The van der Waals surface area contributed by atoms with Crippen LogP contribution in [0.4, 0.5) is 5.69 Å². The molecule has 0 fully saturated rings. The number of nitrogens with one attached hydrogen (secondary N) is 1. The molecule has 1 heterocycles. The molecule has 0 saturated carbocycles. The van der Waals surface area contributed by atoms with Crippen LogP contribution in [0.5, 0.6) is 0 Å². The molecule has 1 aromatic heterocycles. The number of benzene rings is 1. The van der Waals surface area contributed by atoms with E-state index in [0.717, 1.165) is 5.56 Å². The van der Waals surface area contributed by atoms with Gasteiger partial charge in [-0.1, -0.05) is 41.4 Å². The Morgan fingerprint density at radius 1 is 1.17 bits per heavy atom. The van der Waals surface area contributed by atoms with Gasteiger partial charge >= 0.3 is 0 Å². The highest BCUT2D eigenvalue weighted by Crippen LogP contribution is 2.20. The molecule has 0 aliphatic carbocycles. The molecule has 0 bridgehead atoms. The van der Waals surface area contributed by atoms with Gasteiger partial charge in [-0.25, -0.2) is 0 Å². The van der Waals surface area contributed by atoms with Gasteiger partial charge in [0.2, 0.25) is 5.91 Å². The topological polar surface area (TPSA) is 42.0 Å². The largest absolute Gasteiger partial charge is 0.323 e. The Labute approximate surface area is 115 Å². The van der Waals surface area contributed by atoms with Gasteiger partial charge in [0.05, 0.1) is 23.3 Å². The Morgan fingerprint density at radius 3 is 2.67 bits per heavy atom. The van der Waals surface area contributed by atoms with Crippen LogP contribution in [0.1, 0.15) is 5.56 Å². The van der Waals surface area contributed by atoms with Crippen molar-refractivity contribution < 1.29 is 4.79 Å². The van der Waals surface area contributed by atoms with Crippen LogP contribution in [0, 0.1) is 0 Å². The Balaban J connectivity index is 2.06.